The summed E-state index contributed by atoms with van der Waals surface area (Å²) in [7, 11) is 0. The SMILES string of the molecule is C1=CC2c3ccccc3C3(c4ccccc4Oc4c(-c5ccc(-c6nc(-c7ccccc7)nc(-c7ccccn7)n6)cc5)cccc43)C2C=C1. The molecule has 0 saturated heterocycles. The molecule has 3 atom stereocenters. The van der Waals surface area contributed by atoms with Crippen LogP contribution >= 0.6 is 0 Å². The van der Waals surface area contributed by atoms with Gasteiger partial charge in [0, 0.05) is 45.8 Å². The van der Waals surface area contributed by atoms with Crippen LogP contribution in [0.25, 0.3) is 45.4 Å². The highest BCUT2D eigenvalue weighted by Gasteiger charge is 2.56. The average Bonchev–Trinajstić information content (AvgIpc) is 3.49. The van der Waals surface area contributed by atoms with E-state index in [9.17, 15) is 0 Å². The van der Waals surface area contributed by atoms with Crippen LogP contribution in [0.5, 0.6) is 11.5 Å². The number of pyridine rings is 1. The van der Waals surface area contributed by atoms with Crippen LogP contribution in [-0.2, 0) is 5.41 Å². The molecule has 50 heavy (non-hydrogen) atoms. The van der Waals surface area contributed by atoms with Crippen molar-refractivity contribution in [3.05, 3.63) is 192 Å². The Bertz CT molecular complexity index is 2420. The van der Waals surface area contributed by atoms with E-state index < -0.39 is 0 Å². The zero-order valence-corrected chi connectivity index (χ0v) is 27.0. The Morgan fingerprint density at radius 3 is 1.98 bits per heavy atom. The number of benzene rings is 5. The quantitative estimate of drug-likeness (QED) is 0.191. The van der Waals surface area contributed by atoms with Crippen LogP contribution in [0.3, 0.4) is 0 Å². The maximum atomic E-state index is 6.91. The van der Waals surface area contributed by atoms with E-state index in [1.807, 2.05) is 48.5 Å². The van der Waals surface area contributed by atoms with Gasteiger partial charge in [-0.05, 0) is 34.9 Å². The molecule has 5 heteroatoms. The summed E-state index contributed by atoms with van der Waals surface area (Å²) in [5.74, 6) is 4.06. The molecular weight excluding hydrogens is 613 g/mol. The van der Waals surface area contributed by atoms with Gasteiger partial charge in [0.2, 0.25) is 0 Å². The zero-order valence-electron chi connectivity index (χ0n) is 27.0. The fraction of sp³-hybridized carbons (Fsp3) is 0.0667. The normalized spacial score (nSPS) is 19.3. The van der Waals surface area contributed by atoms with Gasteiger partial charge in [0.25, 0.3) is 0 Å². The first-order chi connectivity index (χ1) is 24.8. The summed E-state index contributed by atoms with van der Waals surface area (Å²) < 4.78 is 6.91. The molecule has 1 aliphatic heterocycles. The van der Waals surface area contributed by atoms with Crippen LogP contribution in [0, 0.1) is 5.92 Å². The predicted octanol–water partition coefficient (Wildman–Crippen LogP) is 10.2. The third kappa shape index (κ3) is 4.26. The lowest BCUT2D eigenvalue weighted by Gasteiger charge is -2.43. The molecule has 0 N–H and O–H groups in total. The minimum atomic E-state index is -0.386. The van der Waals surface area contributed by atoms with Gasteiger partial charge in [-0.1, -0.05) is 146 Å². The van der Waals surface area contributed by atoms with Gasteiger partial charge in [0.1, 0.15) is 17.2 Å². The van der Waals surface area contributed by atoms with Crippen molar-refractivity contribution in [3.63, 3.8) is 0 Å². The van der Waals surface area contributed by atoms with E-state index in [-0.39, 0.29) is 17.3 Å². The number of aromatic nitrogens is 4. The van der Waals surface area contributed by atoms with Crippen LogP contribution in [0.1, 0.15) is 28.2 Å². The van der Waals surface area contributed by atoms with Gasteiger partial charge >= 0.3 is 0 Å². The number of para-hydroxylation sites is 2. The Kier molecular flexibility index (Phi) is 6.46. The Labute approximate surface area is 290 Å². The fourth-order valence-corrected chi connectivity index (χ4v) is 8.24. The van der Waals surface area contributed by atoms with Crippen molar-refractivity contribution < 1.29 is 4.74 Å². The van der Waals surface area contributed by atoms with Crippen LogP contribution in [0.4, 0.5) is 0 Å². The van der Waals surface area contributed by atoms with Crippen LogP contribution in [0.2, 0.25) is 0 Å². The average molecular weight is 643 g/mol. The highest BCUT2D eigenvalue weighted by atomic mass is 16.5. The van der Waals surface area contributed by atoms with Crippen molar-refractivity contribution in [1.82, 2.24) is 19.9 Å². The van der Waals surface area contributed by atoms with Crippen LogP contribution in [0.15, 0.2) is 170 Å². The topological polar surface area (TPSA) is 60.8 Å². The lowest BCUT2D eigenvalue weighted by molar-refractivity contribution is 0.375. The molecule has 3 aliphatic rings. The van der Waals surface area contributed by atoms with E-state index in [2.05, 4.69) is 120 Å². The Hall–Kier alpha value is -6.46. The molecule has 0 saturated carbocycles. The molecule has 1 spiro atoms. The molecule has 2 aliphatic carbocycles. The van der Waals surface area contributed by atoms with E-state index in [0.29, 0.717) is 23.2 Å². The highest BCUT2D eigenvalue weighted by molar-refractivity contribution is 5.80. The largest absolute Gasteiger partial charge is 0.456 e. The molecule has 10 rings (SSSR count). The number of nitrogens with zero attached hydrogens (tertiary/aromatic N) is 4. The maximum Gasteiger partial charge on any atom is 0.182 e. The molecule has 0 radical (unpaired) electrons. The molecule has 3 heterocycles. The number of hydrogen-bond acceptors (Lipinski definition) is 5. The van der Waals surface area contributed by atoms with E-state index in [0.717, 1.165) is 33.8 Å². The number of ether oxygens (including phenoxy) is 1. The van der Waals surface area contributed by atoms with Crippen LogP contribution < -0.4 is 4.74 Å². The lowest BCUT2D eigenvalue weighted by Crippen LogP contribution is -2.37. The molecule has 0 fully saturated rings. The van der Waals surface area contributed by atoms with Crippen molar-refractivity contribution >= 4 is 0 Å². The first-order valence-corrected chi connectivity index (χ1v) is 17.0. The van der Waals surface area contributed by atoms with E-state index in [1.54, 1.807) is 6.20 Å². The number of fused-ring (bicyclic) bond motifs is 9. The summed E-state index contributed by atoms with van der Waals surface area (Å²) in [5, 5.41) is 0. The molecule has 5 aromatic carbocycles. The number of rotatable bonds is 4. The molecule has 236 valence electrons. The fourth-order valence-electron chi connectivity index (χ4n) is 8.24. The van der Waals surface area contributed by atoms with Crippen molar-refractivity contribution in [3.8, 4) is 56.9 Å². The molecule has 2 aromatic heterocycles. The summed E-state index contributed by atoms with van der Waals surface area (Å²) in [6, 6.07) is 48.4. The maximum absolute atomic E-state index is 6.91. The monoisotopic (exact) mass is 642 g/mol. The Morgan fingerprint density at radius 1 is 0.500 bits per heavy atom. The molecule has 0 bridgehead atoms. The molecular formula is C45H30N4O. The van der Waals surface area contributed by atoms with Crippen molar-refractivity contribution in [2.75, 3.05) is 0 Å². The number of allylic oxidation sites excluding steroid dienone is 4. The number of hydrogen-bond donors (Lipinski definition) is 0. The van der Waals surface area contributed by atoms with Gasteiger partial charge in [0.15, 0.2) is 17.5 Å². The van der Waals surface area contributed by atoms with Crippen LogP contribution in [-0.4, -0.2) is 19.9 Å². The van der Waals surface area contributed by atoms with Gasteiger partial charge in [0.05, 0.1) is 5.41 Å². The van der Waals surface area contributed by atoms with E-state index in [4.69, 9.17) is 19.7 Å². The summed E-state index contributed by atoms with van der Waals surface area (Å²) in [4.78, 5) is 19.1. The van der Waals surface area contributed by atoms with Gasteiger partial charge < -0.3 is 4.74 Å². The zero-order chi connectivity index (χ0) is 33.1. The Morgan fingerprint density at radius 2 is 1.16 bits per heavy atom. The third-order valence-electron chi connectivity index (χ3n) is 10.4. The second kappa shape index (κ2) is 11.3. The summed E-state index contributed by atoms with van der Waals surface area (Å²) >= 11 is 0. The summed E-state index contributed by atoms with van der Waals surface area (Å²) in [6.07, 6.45) is 10.9. The highest BCUT2D eigenvalue weighted by Crippen LogP contribution is 2.65. The summed E-state index contributed by atoms with van der Waals surface area (Å²) in [5.41, 5.74) is 9.38. The first-order valence-electron chi connectivity index (χ1n) is 17.0. The predicted molar refractivity (Wildman–Crippen MR) is 197 cm³/mol. The van der Waals surface area contributed by atoms with Crippen molar-refractivity contribution in [2.45, 2.75) is 11.3 Å². The summed E-state index contributed by atoms with van der Waals surface area (Å²) in [6.45, 7) is 0. The van der Waals surface area contributed by atoms with Gasteiger partial charge in [-0.15, -0.1) is 0 Å². The minimum absolute atomic E-state index is 0.224. The van der Waals surface area contributed by atoms with Crippen molar-refractivity contribution in [2.24, 2.45) is 5.92 Å². The van der Waals surface area contributed by atoms with Crippen molar-refractivity contribution in [1.29, 1.82) is 0 Å². The molecule has 3 unspecified atom stereocenters. The van der Waals surface area contributed by atoms with Gasteiger partial charge in [-0.25, -0.2) is 15.0 Å². The minimum Gasteiger partial charge on any atom is -0.456 e. The molecule has 5 nitrogen and oxygen atoms in total. The second-order valence-electron chi connectivity index (χ2n) is 13.0. The Balaban J connectivity index is 1.11. The molecule has 0 amide bonds. The third-order valence-corrected chi connectivity index (χ3v) is 10.4. The standard InChI is InChI=1S/C45H30N4O/c1-2-13-30(14-3-1)42-47-43(49-44(48-42)39-22-10-11-28-46-39)31-26-24-29(25-27-31)32-17-12-21-38-41(32)50-40-23-9-8-20-37(40)45(38)35-18-6-4-15-33(35)34-16-5-7-19-36(34)45/h1-28,33,35H. The van der Waals surface area contributed by atoms with E-state index in [1.165, 1.54) is 22.3 Å². The smallest absolute Gasteiger partial charge is 0.182 e. The van der Waals surface area contributed by atoms with Gasteiger partial charge in [-0.3, -0.25) is 4.98 Å². The lowest BCUT2D eigenvalue weighted by atomic mass is 9.61. The second-order valence-corrected chi connectivity index (χ2v) is 13.0. The molecule has 7 aromatic rings. The van der Waals surface area contributed by atoms with Gasteiger partial charge in [-0.2, -0.15) is 0 Å². The van der Waals surface area contributed by atoms with E-state index >= 15 is 0 Å². The first kappa shape index (κ1) is 28.5.